The molecule has 0 heterocycles. The molecule has 0 aliphatic heterocycles. The van der Waals surface area contributed by atoms with Gasteiger partial charge in [-0.2, -0.15) is 26.3 Å². The summed E-state index contributed by atoms with van der Waals surface area (Å²) in [5.41, 5.74) is 0. The average Bonchev–Trinajstić information content (AvgIpc) is 1.96. The highest BCUT2D eigenvalue weighted by molar-refractivity contribution is 7.54. The fourth-order valence-corrected chi connectivity index (χ4v) is 1.29. The molecule has 15 heavy (non-hydrogen) atoms. The first-order valence-corrected chi connectivity index (χ1v) is 5.53. The van der Waals surface area contributed by atoms with E-state index in [2.05, 4.69) is 9.05 Å². The largest absolute Gasteiger partial charge is 0.412 e. The summed E-state index contributed by atoms with van der Waals surface area (Å²) in [6.07, 6.45) is -9.38. The Bertz CT molecular complexity index is 227. The third-order valence-corrected chi connectivity index (χ3v) is 2.19. The average molecular weight is 259 g/mol. The minimum absolute atomic E-state index is 0.754. The van der Waals surface area contributed by atoms with E-state index in [1.807, 2.05) is 0 Å². The molecule has 0 rings (SSSR count). The summed E-state index contributed by atoms with van der Waals surface area (Å²) in [5, 5.41) is 6.95. The number of nitrogens with one attached hydrogen (secondary N) is 1. The lowest BCUT2D eigenvalue weighted by Crippen LogP contribution is -2.19. The molecule has 0 aliphatic rings. The number of alkyl halides is 6. The van der Waals surface area contributed by atoms with Crippen molar-refractivity contribution in [2.45, 2.75) is 12.4 Å². The molecular formula is C5H8F6NO2P. The van der Waals surface area contributed by atoms with Crippen molar-refractivity contribution in [2.24, 2.45) is 0 Å². The molecular weight excluding hydrogens is 251 g/mol. The number of hydrogen-bond acceptors (Lipinski definition) is 3. The van der Waals surface area contributed by atoms with Gasteiger partial charge in [0.25, 0.3) is 0 Å². The first kappa shape index (κ1) is 14.7. The van der Waals surface area contributed by atoms with E-state index < -0.39 is 33.1 Å². The molecule has 0 radical (unpaired) electrons. The van der Waals surface area contributed by atoms with Gasteiger partial charge in [0.1, 0.15) is 0 Å². The molecule has 0 spiro atoms. The Morgan fingerprint density at radius 3 is 1.40 bits per heavy atom. The van der Waals surface area contributed by atoms with Gasteiger partial charge in [-0.25, -0.2) is 0 Å². The monoisotopic (exact) mass is 259 g/mol. The summed E-state index contributed by atoms with van der Waals surface area (Å²) in [6.45, 7) is -2.83. The first-order valence-electron chi connectivity index (χ1n) is 3.45. The van der Waals surface area contributed by atoms with Crippen LogP contribution in [0.15, 0.2) is 0 Å². The third kappa shape index (κ3) is 10.0. The Morgan fingerprint density at radius 2 is 1.20 bits per heavy atom. The number of halogens is 6. The molecule has 10 heteroatoms. The molecule has 0 fully saturated rings. The van der Waals surface area contributed by atoms with E-state index in [1.54, 1.807) is 0 Å². The van der Waals surface area contributed by atoms with Crippen LogP contribution in [0.2, 0.25) is 0 Å². The van der Waals surface area contributed by atoms with Gasteiger partial charge in [-0.1, -0.05) is 0 Å². The van der Waals surface area contributed by atoms with E-state index in [1.165, 1.54) is 0 Å². The van der Waals surface area contributed by atoms with Crippen LogP contribution in [0.1, 0.15) is 0 Å². The van der Waals surface area contributed by atoms with Crippen molar-refractivity contribution in [2.75, 3.05) is 19.9 Å². The van der Waals surface area contributed by atoms with Gasteiger partial charge in [-0.15, -0.1) is 0 Å². The van der Waals surface area contributed by atoms with Crippen molar-refractivity contribution in [1.82, 2.24) is 0 Å². The Balaban J connectivity index is 4.04. The van der Waals surface area contributed by atoms with Crippen molar-refractivity contribution < 1.29 is 35.4 Å². The highest BCUT2D eigenvalue weighted by Crippen LogP contribution is 2.46. The van der Waals surface area contributed by atoms with Crippen molar-refractivity contribution >= 4 is 7.51 Å². The molecule has 0 aliphatic carbocycles. The van der Waals surface area contributed by atoms with E-state index in [0.29, 0.717) is 0 Å². The molecule has 0 atom stereocenters. The summed E-state index contributed by atoms with van der Waals surface area (Å²) in [4.78, 5) is 0. The fraction of sp³-hybridized carbons (Fsp3) is 1.00. The molecule has 0 aromatic carbocycles. The molecule has 0 saturated heterocycles. The molecule has 0 amide bonds. The standard InChI is InChI=1S/C5H8F6NO2P/c1-15(12,13-2-4(6,7)8)14-3-5(9,10)11/h12H,2-3H2,1H3. The molecule has 0 saturated carbocycles. The molecule has 3 nitrogen and oxygen atoms in total. The van der Waals surface area contributed by atoms with Crippen LogP contribution < -0.4 is 0 Å². The van der Waals surface area contributed by atoms with E-state index in [-0.39, 0.29) is 0 Å². The van der Waals surface area contributed by atoms with Gasteiger partial charge in [-0.3, -0.25) is 5.16 Å². The van der Waals surface area contributed by atoms with Gasteiger partial charge in [0.15, 0.2) is 13.2 Å². The highest BCUT2D eigenvalue weighted by atomic mass is 31.2. The predicted octanol–water partition coefficient (Wildman–Crippen LogP) is 3.38. The second-order valence-electron chi connectivity index (χ2n) is 2.62. The lowest BCUT2D eigenvalue weighted by Gasteiger charge is -2.19. The molecule has 92 valence electrons. The van der Waals surface area contributed by atoms with Gasteiger partial charge >= 0.3 is 12.4 Å². The Hall–Kier alpha value is -0.270. The van der Waals surface area contributed by atoms with Crippen LogP contribution in [0.4, 0.5) is 26.3 Å². The smallest absolute Gasteiger partial charge is 0.315 e. The molecule has 0 unspecified atom stereocenters. The SMILES string of the molecule is CP(=N)(OCC(F)(F)F)OCC(F)(F)F. The summed E-state index contributed by atoms with van der Waals surface area (Å²) < 4.78 is 77.4. The van der Waals surface area contributed by atoms with E-state index in [9.17, 15) is 26.3 Å². The van der Waals surface area contributed by atoms with Crippen molar-refractivity contribution in [3.63, 3.8) is 0 Å². The van der Waals surface area contributed by atoms with E-state index >= 15 is 0 Å². The van der Waals surface area contributed by atoms with Crippen LogP contribution in [-0.2, 0) is 9.05 Å². The quantitative estimate of drug-likeness (QED) is 0.621. The van der Waals surface area contributed by atoms with E-state index in [4.69, 9.17) is 5.16 Å². The second-order valence-corrected chi connectivity index (χ2v) is 4.83. The zero-order valence-electron chi connectivity index (χ0n) is 7.45. The van der Waals surface area contributed by atoms with Crippen LogP contribution >= 0.6 is 7.51 Å². The fourth-order valence-electron chi connectivity index (χ4n) is 0.430. The van der Waals surface area contributed by atoms with Crippen LogP contribution in [0, 0.1) is 5.16 Å². The van der Waals surface area contributed by atoms with Gasteiger partial charge in [0, 0.05) is 6.66 Å². The second kappa shape index (κ2) is 4.71. The highest BCUT2D eigenvalue weighted by Gasteiger charge is 2.34. The van der Waals surface area contributed by atoms with Gasteiger partial charge in [-0.05, 0) is 0 Å². The lowest BCUT2D eigenvalue weighted by atomic mass is 10.7. The molecule has 0 aromatic heterocycles. The van der Waals surface area contributed by atoms with Crippen molar-refractivity contribution in [3.05, 3.63) is 0 Å². The Morgan fingerprint density at radius 1 is 0.933 bits per heavy atom. The maximum Gasteiger partial charge on any atom is 0.412 e. The maximum atomic E-state index is 11.6. The summed E-state index contributed by atoms with van der Waals surface area (Å²) in [7, 11) is -3.83. The van der Waals surface area contributed by atoms with Gasteiger partial charge in [0.2, 0.25) is 7.51 Å². The molecule has 0 bridgehead atoms. The predicted molar refractivity (Wildman–Crippen MR) is 39.6 cm³/mol. The Labute approximate surface area is 81.4 Å². The van der Waals surface area contributed by atoms with Crippen LogP contribution in [0.25, 0.3) is 0 Å². The molecule has 0 aromatic rings. The number of rotatable bonds is 4. The van der Waals surface area contributed by atoms with Crippen molar-refractivity contribution in [3.8, 4) is 0 Å². The maximum absolute atomic E-state index is 11.6. The summed E-state index contributed by atoms with van der Waals surface area (Å²) in [6, 6.07) is 0. The minimum Gasteiger partial charge on any atom is -0.315 e. The lowest BCUT2D eigenvalue weighted by molar-refractivity contribution is -0.163. The molecule has 1 N–H and O–H groups in total. The first-order chi connectivity index (χ1) is 6.41. The minimum atomic E-state index is -4.69. The zero-order chi connectivity index (χ0) is 12.3. The zero-order valence-corrected chi connectivity index (χ0v) is 8.34. The van der Waals surface area contributed by atoms with Gasteiger partial charge < -0.3 is 9.05 Å². The van der Waals surface area contributed by atoms with Crippen LogP contribution in [-0.4, -0.2) is 32.2 Å². The normalized spacial score (nSPS) is 14.3. The topological polar surface area (TPSA) is 42.3 Å². The third-order valence-electron chi connectivity index (χ3n) is 0.949. The van der Waals surface area contributed by atoms with Crippen LogP contribution in [0.3, 0.4) is 0 Å². The summed E-state index contributed by atoms with van der Waals surface area (Å²) in [5.74, 6) is 0. The summed E-state index contributed by atoms with van der Waals surface area (Å²) >= 11 is 0. The van der Waals surface area contributed by atoms with Crippen LogP contribution in [0.5, 0.6) is 0 Å². The van der Waals surface area contributed by atoms with Gasteiger partial charge in [0.05, 0.1) is 0 Å². The Kier molecular flexibility index (Phi) is 4.63. The van der Waals surface area contributed by atoms with Crippen molar-refractivity contribution in [1.29, 1.82) is 5.16 Å². The number of hydrogen-bond donors (Lipinski definition) is 1. The van der Waals surface area contributed by atoms with E-state index in [0.717, 1.165) is 6.66 Å².